The number of carbonyl (C=O) groups is 2. The van der Waals surface area contributed by atoms with Crippen LogP contribution in [0.1, 0.15) is 10.5 Å². The SMILES string of the molecule is CN1CN(C)c2c(ncn2CC(=O)O)C1=O. The summed E-state index contributed by atoms with van der Waals surface area (Å²) in [5.41, 5.74) is 0.303. The fourth-order valence-corrected chi connectivity index (χ4v) is 1.82. The molecule has 2 heterocycles. The standard InChI is InChI=1S/C9H12N4O3/c1-11-5-12(2)9(16)7-8(11)13(4-10-7)3-6(14)15/h4H,3,5H2,1-2H3,(H,14,15). The van der Waals surface area contributed by atoms with Crippen LogP contribution in [0.2, 0.25) is 0 Å². The first-order valence-corrected chi connectivity index (χ1v) is 4.74. The van der Waals surface area contributed by atoms with E-state index in [2.05, 4.69) is 4.98 Å². The molecular formula is C9H12N4O3. The minimum atomic E-state index is -0.958. The molecule has 0 saturated carbocycles. The lowest BCUT2D eigenvalue weighted by Gasteiger charge is -2.31. The molecule has 16 heavy (non-hydrogen) atoms. The van der Waals surface area contributed by atoms with Crippen molar-refractivity contribution in [2.45, 2.75) is 6.54 Å². The second-order valence-corrected chi connectivity index (χ2v) is 3.78. The maximum atomic E-state index is 11.7. The van der Waals surface area contributed by atoms with Gasteiger partial charge in [-0.1, -0.05) is 0 Å². The largest absolute Gasteiger partial charge is 0.480 e. The number of amides is 1. The lowest BCUT2D eigenvalue weighted by Crippen LogP contribution is -2.43. The molecule has 1 aliphatic rings. The summed E-state index contributed by atoms with van der Waals surface area (Å²) < 4.78 is 1.46. The van der Waals surface area contributed by atoms with Crippen LogP contribution in [0.3, 0.4) is 0 Å². The van der Waals surface area contributed by atoms with Gasteiger partial charge in [-0.2, -0.15) is 0 Å². The summed E-state index contributed by atoms with van der Waals surface area (Å²) in [5.74, 6) is -0.581. The molecule has 0 fully saturated rings. The highest BCUT2D eigenvalue weighted by molar-refractivity contribution is 5.98. The normalized spacial score (nSPS) is 15.2. The number of fused-ring (bicyclic) bond motifs is 1. The molecule has 86 valence electrons. The van der Waals surface area contributed by atoms with Crippen LogP contribution < -0.4 is 4.90 Å². The third kappa shape index (κ3) is 1.50. The quantitative estimate of drug-likeness (QED) is 0.729. The molecule has 0 spiro atoms. The van der Waals surface area contributed by atoms with Gasteiger partial charge in [-0.25, -0.2) is 4.98 Å². The van der Waals surface area contributed by atoms with E-state index in [0.29, 0.717) is 18.2 Å². The van der Waals surface area contributed by atoms with Gasteiger partial charge in [-0.3, -0.25) is 9.59 Å². The number of nitrogens with zero attached hydrogens (tertiary/aromatic N) is 4. The Hall–Kier alpha value is -2.05. The number of aliphatic carboxylic acids is 1. The molecule has 0 aliphatic carbocycles. The number of anilines is 1. The summed E-state index contributed by atoms with van der Waals surface area (Å²) in [6.45, 7) is 0.237. The highest BCUT2D eigenvalue weighted by atomic mass is 16.4. The van der Waals surface area contributed by atoms with E-state index in [-0.39, 0.29) is 12.5 Å². The molecule has 1 aliphatic heterocycles. The molecule has 7 heteroatoms. The molecule has 0 saturated heterocycles. The van der Waals surface area contributed by atoms with Crippen LogP contribution in [0.4, 0.5) is 5.82 Å². The van der Waals surface area contributed by atoms with E-state index in [9.17, 15) is 9.59 Å². The Kier molecular flexibility index (Phi) is 2.30. The Labute approximate surface area is 91.9 Å². The Morgan fingerprint density at radius 3 is 2.81 bits per heavy atom. The monoisotopic (exact) mass is 224 g/mol. The Morgan fingerprint density at radius 1 is 1.50 bits per heavy atom. The van der Waals surface area contributed by atoms with Crippen molar-refractivity contribution >= 4 is 17.7 Å². The van der Waals surface area contributed by atoms with E-state index in [1.54, 1.807) is 19.0 Å². The molecule has 0 radical (unpaired) electrons. The minimum absolute atomic E-state index is 0.183. The third-order valence-corrected chi connectivity index (χ3v) is 2.45. The zero-order chi connectivity index (χ0) is 11.9. The summed E-state index contributed by atoms with van der Waals surface area (Å²) in [6, 6.07) is 0. The smallest absolute Gasteiger partial charge is 0.323 e. The van der Waals surface area contributed by atoms with Crippen LogP contribution in [-0.2, 0) is 11.3 Å². The molecule has 0 bridgehead atoms. The zero-order valence-corrected chi connectivity index (χ0v) is 9.04. The molecule has 1 N–H and O–H groups in total. The van der Waals surface area contributed by atoms with Crippen LogP contribution in [-0.4, -0.2) is 52.2 Å². The van der Waals surface area contributed by atoms with E-state index in [1.807, 2.05) is 0 Å². The van der Waals surface area contributed by atoms with Crippen molar-refractivity contribution in [3.63, 3.8) is 0 Å². The topological polar surface area (TPSA) is 78.7 Å². The number of carboxylic acid groups (broad SMARTS) is 1. The fraction of sp³-hybridized carbons (Fsp3) is 0.444. The van der Waals surface area contributed by atoms with E-state index in [1.165, 1.54) is 15.8 Å². The third-order valence-electron chi connectivity index (χ3n) is 2.45. The van der Waals surface area contributed by atoms with E-state index in [0.717, 1.165) is 0 Å². The van der Waals surface area contributed by atoms with Crippen molar-refractivity contribution in [1.82, 2.24) is 14.5 Å². The number of carboxylic acids is 1. The van der Waals surface area contributed by atoms with Crippen molar-refractivity contribution in [3.05, 3.63) is 12.0 Å². The van der Waals surface area contributed by atoms with Gasteiger partial charge in [0, 0.05) is 14.1 Å². The number of imidazole rings is 1. The Bertz CT molecular complexity index is 454. The van der Waals surface area contributed by atoms with Gasteiger partial charge >= 0.3 is 5.97 Å². The minimum Gasteiger partial charge on any atom is -0.480 e. The van der Waals surface area contributed by atoms with Crippen molar-refractivity contribution in [3.8, 4) is 0 Å². The lowest BCUT2D eigenvalue weighted by atomic mass is 10.3. The Balaban J connectivity index is 2.44. The van der Waals surface area contributed by atoms with Crippen LogP contribution in [0.25, 0.3) is 0 Å². The van der Waals surface area contributed by atoms with Gasteiger partial charge < -0.3 is 19.5 Å². The summed E-state index contributed by atoms with van der Waals surface area (Å²) >= 11 is 0. The van der Waals surface area contributed by atoms with Gasteiger partial charge in [0.2, 0.25) is 0 Å². The highest BCUT2D eigenvalue weighted by Gasteiger charge is 2.29. The molecule has 1 aromatic rings. The molecule has 0 atom stereocenters. The number of hydrogen-bond donors (Lipinski definition) is 1. The molecule has 7 nitrogen and oxygen atoms in total. The zero-order valence-electron chi connectivity index (χ0n) is 9.04. The fourth-order valence-electron chi connectivity index (χ4n) is 1.82. The molecular weight excluding hydrogens is 212 g/mol. The van der Waals surface area contributed by atoms with Crippen LogP contribution in [0, 0.1) is 0 Å². The summed E-state index contributed by atoms with van der Waals surface area (Å²) in [7, 11) is 3.47. The van der Waals surface area contributed by atoms with E-state index < -0.39 is 5.97 Å². The van der Waals surface area contributed by atoms with Crippen LogP contribution in [0.15, 0.2) is 6.33 Å². The average molecular weight is 224 g/mol. The molecule has 1 aromatic heterocycles. The van der Waals surface area contributed by atoms with Gasteiger partial charge in [0.1, 0.15) is 12.4 Å². The Morgan fingerprint density at radius 2 is 2.19 bits per heavy atom. The second-order valence-electron chi connectivity index (χ2n) is 3.78. The summed E-state index contributed by atoms with van der Waals surface area (Å²) in [4.78, 5) is 29.7. The highest BCUT2D eigenvalue weighted by Crippen LogP contribution is 2.24. The first kappa shape index (κ1) is 10.5. The van der Waals surface area contributed by atoms with Gasteiger partial charge in [-0.15, -0.1) is 0 Å². The predicted molar refractivity (Wildman–Crippen MR) is 55.2 cm³/mol. The predicted octanol–water partition coefficient (Wildman–Crippen LogP) is -0.553. The summed E-state index contributed by atoms with van der Waals surface area (Å²) in [6.07, 6.45) is 1.38. The lowest BCUT2D eigenvalue weighted by molar-refractivity contribution is -0.137. The molecule has 0 unspecified atom stereocenters. The van der Waals surface area contributed by atoms with Gasteiger partial charge in [0.25, 0.3) is 5.91 Å². The van der Waals surface area contributed by atoms with Gasteiger partial charge in [0.05, 0.1) is 13.0 Å². The van der Waals surface area contributed by atoms with Gasteiger partial charge in [-0.05, 0) is 0 Å². The molecule has 1 amide bonds. The van der Waals surface area contributed by atoms with Crippen molar-refractivity contribution in [2.75, 3.05) is 25.7 Å². The molecule has 0 aromatic carbocycles. The molecule has 2 rings (SSSR count). The van der Waals surface area contributed by atoms with Crippen molar-refractivity contribution < 1.29 is 14.7 Å². The maximum absolute atomic E-state index is 11.7. The van der Waals surface area contributed by atoms with Crippen molar-refractivity contribution in [1.29, 1.82) is 0 Å². The first-order chi connectivity index (χ1) is 7.50. The first-order valence-electron chi connectivity index (χ1n) is 4.74. The number of carbonyl (C=O) groups excluding carboxylic acids is 1. The van der Waals surface area contributed by atoms with Crippen molar-refractivity contribution in [2.24, 2.45) is 0 Å². The number of aromatic nitrogens is 2. The summed E-state index contributed by atoms with van der Waals surface area (Å²) in [5, 5.41) is 8.73. The van der Waals surface area contributed by atoms with Crippen LogP contribution in [0.5, 0.6) is 0 Å². The van der Waals surface area contributed by atoms with Crippen LogP contribution >= 0.6 is 0 Å². The number of hydrogen-bond acceptors (Lipinski definition) is 4. The van der Waals surface area contributed by atoms with E-state index in [4.69, 9.17) is 5.11 Å². The van der Waals surface area contributed by atoms with E-state index >= 15 is 0 Å². The number of rotatable bonds is 2. The van der Waals surface area contributed by atoms with Gasteiger partial charge in [0.15, 0.2) is 5.69 Å². The average Bonchev–Trinajstić information content (AvgIpc) is 2.58. The second kappa shape index (κ2) is 3.51. The maximum Gasteiger partial charge on any atom is 0.323 e.